The molecule has 6 heteroatoms. The molecule has 0 saturated heterocycles. The Bertz CT molecular complexity index is 774. The Balaban J connectivity index is 1.79. The summed E-state index contributed by atoms with van der Waals surface area (Å²) in [6, 6.07) is 6.37. The van der Waals surface area contributed by atoms with Gasteiger partial charge in [0.05, 0.1) is 23.8 Å². The van der Waals surface area contributed by atoms with E-state index in [1.807, 2.05) is 0 Å². The molecule has 1 aliphatic carbocycles. The van der Waals surface area contributed by atoms with Gasteiger partial charge in [0.15, 0.2) is 5.78 Å². The number of ether oxygens (including phenoxy) is 1. The Kier molecular flexibility index (Phi) is 3.97. The molecule has 2 aromatic rings. The van der Waals surface area contributed by atoms with E-state index in [4.69, 9.17) is 0 Å². The standard InChI is InChI=1S/C17H16N2O4/c1-23-17(22)10-5-7-11(8-6-10)19-16(21)12-9-18-13-3-2-4-14(20)15(12)13/h5-9,18H,2-4H2,1H3,(H,19,21). The van der Waals surface area contributed by atoms with Crippen LogP contribution in [0.5, 0.6) is 0 Å². The molecular weight excluding hydrogens is 296 g/mol. The molecule has 0 bridgehead atoms. The van der Waals surface area contributed by atoms with Crippen molar-refractivity contribution in [2.75, 3.05) is 12.4 Å². The monoisotopic (exact) mass is 312 g/mol. The van der Waals surface area contributed by atoms with Crippen molar-refractivity contribution in [3.8, 4) is 0 Å². The first-order chi connectivity index (χ1) is 11.1. The molecule has 0 aliphatic heterocycles. The molecule has 0 radical (unpaired) electrons. The number of carbonyl (C=O) groups is 3. The molecule has 0 saturated carbocycles. The van der Waals surface area contributed by atoms with Gasteiger partial charge in [0.2, 0.25) is 0 Å². The van der Waals surface area contributed by atoms with Gasteiger partial charge in [-0.2, -0.15) is 0 Å². The SMILES string of the molecule is COC(=O)c1ccc(NC(=O)c2c[nH]c3c2C(=O)CCC3)cc1. The second-order valence-electron chi connectivity index (χ2n) is 5.36. The van der Waals surface area contributed by atoms with Crippen LogP contribution in [0.3, 0.4) is 0 Å². The van der Waals surface area contributed by atoms with Crippen molar-refractivity contribution < 1.29 is 19.1 Å². The van der Waals surface area contributed by atoms with Crippen molar-refractivity contribution in [2.24, 2.45) is 0 Å². The van der Waals surface area contributed by atoms with Crippen LogP contribution in [-0.2, 0) is 11.2 Å². The molecule has 6 nitrogen and oxygen atoms in total. The number of H-pyrrole nitrogens is 1. The van der Waals surface area contributed by atoms with Crippen molar-refractivity contribution in [2.45, 2.75) is 19.3 Å². The topological polar surface area (TPSA) is 88.3 Å². The summed E-state index contributed by atoms with van der Waals surface area (Å²) in [5.41, 5.74) is 2.63. The van der Waals surface area contributed by atoms with Gasteiger partial charge in [-0.3, -0.25) is 9.59 Å². The Morgan fingerprint density at radius 2 is 1.91 bits per heavy atom. The highest BCUT2D eigenvalue weighted by Crippen LogP contribution is 2.24. The number of anilines is 1. The molecular formula is C17H16N2O4. The number of carbonyl (C=O) groups excluding carboxylic acids is 3. The average molecular weight is 312 g/mol. The van der Waals surface area contributed by atoms with Gasteiger partial charge in [0.25, 0.3) is 5.91 Å². The van der Waals surface area contributed by atoms with Crippen LogP contribution in [0.1, 0.15) is 49.6 Å². The molecule has 1 aliphatic rings. The zero-order chi connectivity index (χ0) is 16.4. The Morgan fingerprint density at radius 1 is 1.17 bits per heavy atom. The van der Waals surface area contributed by atoms with Crippen LogP contribution in [0.2, 0.25) is 0 Å². The van der Waals surface area contributed by atoms with Crippen molar-refractivity contribution >= 4 is 23.3 Å². The maximum atomic E-state index is 12.4. The molecule has 3 rings (SSSR count). The van der Waals surface area contributed by atoms with Gasteiger partial charge in [0.1, 0.15) is 0 Å². The van der Waals surface area contributed by atoms with Crippen LogP contribution in [0, 0.1) is 0 Å². The van der Waals surface area contributed by atoms with Crippen LogP contribution in [0.4, 0.5) is 5.69 Å². The molecule has 0 atom stereocenters. The predicted molar refractivity (Wildman–Crippen MR) is 83.8 cm³/mol. The lowest BCUT2D eigenvalue weighted by atomic mass is 9.93. The smallest absolute Gasteiger partial charge is 0.337 e. The first kappa shape index (κ1) is 15.0. The van der Waals surface area contributed by atoms with Gasteiger partial charge in [-0.1, -0.05) is 0 Å². The summed E-state index contributed by atoms with van der Waals surface area (Å²) in [7, 11) is 1.31. The molecule has 0 unspecified atom stereocenters. The Morgan fingerprint density at radius 3 is 2.61 bits per heavy atom. The highest BCUT2D eigenvalue weighted by molar-refractivity contribution is 6.13. The third-order valence-corrected chi connectivity index (χ3v) is 3.88. The first-order valence-corrected chi connectivity index (χ1v) is 7.33. The minimum atomic E-state index is -0.437. The first-order valence-electron chi connectivity index (χ1n) is 7.33. The van der Waals surface area contributed by atoms with E-state index in [9.17, 15) is 14.4 Å². The van der Waals surface area contributed by atoms with E-state index in [2.05, 4.69) is 15.0 Å². The highest BCUT2D eigenvalue weighted by Gasteiger charge is 2.25. The fourth-order valence-corrected chi connectivity index (χ4v) is 2.72. The van der Waals surface area contributed by atoms with Crippen LogP contribution in [-0.4, -0.2) is 29.8 Å². The number of ketones is 1. The number of aryl methyl sites for hydroxylation is 1. The summed E-state index contributed by atoms with van der Waals surface area (Å²) in [5.74, 6) is -0.782. The maximum absolute atomic E-state index is 12.4. The number of methoxy groups -OCH3 is 1. The number of aromatic nitrogens is 1. The van der Waals surface area contributed by atoms with Crippen LogP contribution in [0.25, 0.3) is 0 Å². The molecule has 1 aromatic carbocycles. The quantitative estimate of drug-likeness (QED) is 0.853. The van der Waals surface area contributed by atoms with E-state index in [0.29, 0.717) is 28.8 Å². The number of benzene rings is 1. The third kappa shape index (κ3) is 2.88. The van der Waals surface area contributed by atoms with Crippen molar-refractivity contribution in [3.63, 3.8) is 0 Å². The number of nitrogens with one attached hydrogen (secondary N) is 2. The summed E-state index contributed by atoms with van der Waals surface area (Å²) >= 11 is 0. The molecule has 1 aromatic heterocycles. The summed E-state index contributed by atoms with van der Waals surface area (Å²) in [4.78, 5) is 38.8. The zero-order valence-corrected chi connectivity index (χ0v) is 12.6. The summed E-state index contributed by atoms with van der Waals surface area (Å²) < 4.78 is 4.62. The number of fused-ring (bicyclic) bond motifs is 1. The minimum absolute atomic E-state index is 0.00121. The molecule has 1 heterocycles. The predicted octanol–water partition coefficient (Wildman–Crippen LogP) is 2.57. The lowest BCUT2D eigenvalue weighted by molar-refractivity contribution is 0.0600. The normalized spacial score (nSPS) is 13.3. The zero-order valence-electron chi connectivity index (χ0n) is 12.6. The number of hydrogen-bond donors (Lipinski definition) is 2. The van der Waals surface area contributed by atoms with Gasteiger partial charge in [-0.25, -0.2) is 4.79 Å². The van der Waals surface area contributed by atoms with Gasteiger partial charge in [-0.05, 0) is 37.1 Å². The largest absolute Gasteiger partial charge is 0.465 e. The number of Topliss-reactive ketones (excluding diaryl/α,β-unsaturated/α-hetero) is 1. The lowest BCUT2D eigenvalue weighted by Crippen LogP contribution is -2.18. The van der Waals surface area contributed by atoms with E-state index in [1.165, 1.54) is 7.11 Å². The van der Waals surface area contributed by atoms with E-state index in [0.717, 1.165) is 18.5 Å². The molecule has 0 spiro atoms. The van der Waals surface area contributed by atoms with Crippen molar-refractivity contribution in [1.82, 2.24) is 4.98 Å². The maximum Gasteiger partial charge on any atom is 0.337 e. The number of hydrogen-bond acceptors (Lipinski definition) is 4. The summed E-state index contributed by atoms with van der Waals surface area (Å²) in [6.45, 7) is 0. The Labute approximate surface area is 132 Å². The minimum Gasteiger partial charge on any atom is -0.465 e. The number of rotatable bonds is 3. The van der Waals surface area contributed by atoms with Crippen molar-refractivity contribution in [1.29, 1.82) is 0 Å². The van der Waals surface area contributed by atoms with Gasteiger partial charge < -0.3 is 15.0 Å². The van der Waals surface area contributed by atoms with E-state index < -0.39 is 5.97 Å². The van der Waals surface area contributed by atoms with Gasteiger partial charge in [0, 0.05) is 24.0 Å². The van der Waals surface area contributed by atoms with E-state index in [-0.39, 0.29) is 11.7 Å². The summed E-state index contributed by atoms with van der Waals surface area (Å²) in [5, 5.41) is 2.74. The molecule has 118 valence electrons. The average Bonchev–Trinajstić information content (AvgIpc) is 3.00. The number of aromatic amines is 1. The van der Waals surface area contributed by atoms with Crippen molar-refractivity contribution in [3.05, 3.63) is 52.8 Å². The van der Waals surface area contributed by atoms with Gasteiger partial charge >= 0.3 is 5.97 Å². The lowest BCUT2D eigenvalue weighted by Gasteiger charge is -2.12. The van der Waals surface area contributed by atoms with E-state index >= 15 is 0 Å². The summed E-state index contributed by atoms with van der Waals surface area (Å²) in [6.07, 6.45) is 3.63. The van der Waals surface area contributed by atoms with Crippen LogP contribution in [0.15, 0.2) is 30.5 Å². The molecule has 1 amide bonds. The second-order valence-corrected chi connectivity index (χ2v) is 5.36. The molecule has 23 heavy (non-hydrogen) atoms. The fourth-order valence-electron chi connectivity index (χ4n) is 2.72. The third-order valence-electron chi connectivity index (χ3n) is 3.88. The van der Waals surface area contributed by atoms with Crippen LogP contribution < -0.4 is 5.32 Å². The van der Waals surface area contributed by atoms with Gasteiger partial charge in [-0.15, -0.1) is 0 Å². The Hall–Kier alpha value is -2.89. The number of amides is 1. The molecule has 2 N–H and O–H groups in total. The van der Waals surface area contributed by atoms with E-state index in [1.54, 1.807) is 30.5 Å². The van der Waals surface area contributed by atoms with Crippen LogP contribution >= 0.6 is 0 Å². The fraction of sp³-hybridized carbons (Fsp3) is 0.235. The highest BCUT2D eigenvalue weighted by atomic mass is 16.5. The molecule has 0 fully saturated rings. The second kappa shape index (κ2) is 6.08. The number of esters is 1.